The molecule has 1 amide bonds. The molecule has 0 saturated heterocycles. The predicted molar refractivity (Wildman–Crippen MR) is 84.1 cm³/mol. The lowest BCUT2D eigenvalue weighted by atomic mass is 10.2. The number of nitrogens with zero attached hydrogens (tertiary/aromatic N) is 1. The summed E-state index contributed by atoms with van der Waals surface area (Å²) >= 11 is 7.93. The number of carbonyl (C=O) groups excluding carboxylic acids is 1. The lowest BCUT2D eigenvalue weighted by Gasteiger charge is -2.13. The smallest absolute Gasteiger partial charge is 0.253 e. The Kier molecular flexibility index (Phi) is 5.51. The summed E-state index contributed by atoms with van der Waals surface area (Å²) in [4.78, 5) is 16.2. The Bertz CT molecular complexity index is 485. The maximum absolute atomic E-state index is 12.1. The summed E-state index contributed by atoms with van der Waals surface area (Å²) in [7, 11) is 0. The normalized spacial score (nSPS) is 21.8. The molecule has 4 N–H and O–H groups in total. The molecule has 110 valence electrons. The van der Waals surface area contributed by atoms with Crippen molar-refractivity contribution < 1.29 is 4.79 Å². The molecule has 5 nitrogen and oxygen atoms in total. The maximum atomic E-state index is 12.1. The fourth-order valence-electron chi connectivity index (χ4n) is 2.40. The monoisotopic (exact) mass is 314 g/mol. The van der Waals surface area contributed by atoms with Crippen molar-refractivity contribution in [2.75, 3.05) is 11.2 Å². The largest absolute Gasteiger partial charge is 0.349 e. The van der Waals surface area contributed by atoms with E-state index in [0.29, 0.717) is 21.7 Å². The molecule has 1 heterocycles. The highest BCUT2D eigenvalue weighted by Gasteiger charge is 2.26. The van der Waals surface area contributed by atoms with E-state index in [1.54, 1.807) is 6.07 Å². The Morgan fingerprint density at radius 1 is 1.60 bits per heavy atom. The van der Waals surface area contributed by atoms with Crippen LogP contribution in [0.1, 0.15) is 36.5 Å². The minimum absolute atomic E-state index is 0.130. The Morgan fingerprint density at radius 3 is 3.05 bits per heavy atom. The topological polar surface area (TPSA) is 80.0 Å². The first-order valence-electron chi connectivity index (χ1n) is 6.68. The number of rotatable bonds is 5. The molecule has 2 rings (SSSR count). The fraction of sp³-hybridized carbons (Fsp3) is 0.538. The average Bonchev–Trinajstić information content (AvgIpc) is 2.86. The number of amides is 1. The van der Waals surface area contributed by atoms with Gasteiger partial charge in [-0.2, -0.15) is 11.8 Å². The number of nitrogens with two attached hydrogens (primary N) is 1. The third-order valence-corrected chi connectivity index (χ3v) is 4.88. The summed E-state index contributed by atoms with van der Waals surface area (Å²) in [5.41, 5.74) is 2.84. The van der Waals surface area contributed by atoms with Gasteiger partial charge in [-0.3, -0.25) is 4.79 Å². The summed E-state index contributed by atoms with van der Waals surface area (Å²) < 4.78 is 0. The molecular weight excluding hydrogens is 296 g/mol. The van der Waals surface area contributed by atoms with Crippen molar-refractivity contribution in [2.45, 2.75) is 37.5 Å². The van der Waals surface area contributed by atoms with Gasteiger partial charge < -0.3 is 10.7 Å². The number of hydrogen-bond acceptors (Lipinski definition) is 5. The molecule has 7 heteroatoms. The molecular formula is C13H19ClN4OS. The van der Waals surface area contributed by atoms with E-state index in [1.807, 2.05) is 11.8 Å². The van der Waals surface area contributed by atoms with Gasteiger partial charge in [-0.15, -0.1) is 0 Å². The Hall–Kier alpha value is -0.980. The van der Waals surface area contributed by atoms with Crippen LogP contribution in [0, 0.1) is 0 Å². The second-order valence-corrected chi connectivity index (χ2v) is 6.74. The van der Waals surface area contributed by atoms with Gasteiger partial charge in [0.2, 0.25) is 0 Å². The fourth-order valence-corrected chi connectivity index (χ4v) is 3.76. The first-order valence-corrected chi connectivity index (χ1v) is 8.11. The minimum atomic E-state index is -0.130. The first kappa shape index (κ1) is 15.4. The molecule has 0 aromatic carbocycles. The maximum Gasteiger partial charge on any atom is 0.253 e. The van der Waals surface area contributed by atoms with Crippen LogP contribution in [0.4, 0.5) is 5.82 Å². The van der Waals surface area contributed by atoms with Crippen LogP contribution in [0.5, 0.6) is 0 Å². The highest BCUT2D eigenvalue weighted by molar-refractivity contribution is 7.99. The van der Waals surface area contributed by atoms with E-state index in [9.17, 15) is 4.79 Å². The first-order chi connectivity index (χ1) is 9.63. The molecule has 1 aliphatic carbocycles. The molecule has 2 unspecified atom stereocenters. The van der Waals surface area contributed by atoms with E-state index < -0.39 is 0 Å². The SMILES string of the molecule is CCSC1CCC(NC(=O)c2cnc(NN)c(Cl)c2)C1. The van der Waals surface area contributed by atoms with E-state index in [-0.39, 0.29) is 11.9 Å². The van der Waals surface area contributed by atoms with Gasteiger partial charge >= 0.3 is 0 Å². The third-order valence-electron chi connectivity index (χ3n) is 3.36. The molecule has 1 fully saturated rings. The van der Waals surface area contributed by atoms with Crippen molar-refractivity contribution in [1.29, 1.82) is 0 Å². The number of halogens is 1. The summed E-state index contributed by atoms with van der Waals surface area (Å²) in [6.07, 6.45) is 4.71. The van der Waals surface area contributed by atoms with Crippen LogP contribution in [0.15, 0.2) is 12.3 Å². The molecule has 0 bridgehead atoms. The van der Waals surface area contributed by atoms with Crippen molar-refractivity contribution in [2.24, 2.45) is 5.84 Å². The van der Waals surface area contributed by atoms with Crippen molar-refractivity contribution in [3.63, 3.8) is 0 Å². The average molecular weight is 315 g/mol. The summed E-state index contributed by atoms with van der Waals surface area (Å²) in [5.74, 6) is 6.61. The van der Waals surface area contributed by atoms with E-state index in [4.69, 9.17) is 17.4 Å². The molecule has 1 aromatic rings. The van der Waals surface area contributed by atoms with Crippen LogP contribution in [0.2, 0.25) is 5.02 Å². The van der Waals surface area contributed by atoms with Gasteiger partial charge in [-0.05, 0) is 31.1 Å². The number of anilines is 1. The lowest BCUT2D eigenvalue weighted by Crippen LogP contribution is -2.33. The number of aromatic nitrogens is 1. The standard InChI is InChI=1S/C13H19ClN4OS/c1-2-20-10-4-3-9(6-10)17-13(19)8-5-11(14)12(18-15)16-7-8/h5,7,9-10H,2-4,6,15H2,1H3,(H,16,18)(H,17,19). The van der Waals surface area contributed by atoms with Gasteiger partial charge in [0.05, 0.1) is 10.6 Å². The molecule has 2 atom stereocenters. The van der Waals surface area contributed by atoms with Crippen molar-refractivity contribution in [3.8, 4) is 0 Å². The van der Waals surface area contributed by atoms with Gasteiger partial charge in [0.15, 0.2) is 5.82 Å². The molecule has 1 aliphatic rings. The molecule has 20 heavy (non-hydrogen) atoms. The predicted octanol–water partition coefficient (Wildman–Crippen LogP) is 2.42. The van der Waals surface area contributed by atoms with Gasteiger partial charge in [-0.1, -0.05) is 18.5 Å². The zero-order chi connectivity index (χ0) is 14.5. The lowest BCUT2D eigenvalue weighted by molar-refractivity contribution is 0.0937. The molecule has 1 aromatic heterocycles. The van der Waals surface area contributed by atoms with Crippen molar-refractivity contribution in [3.05, 3.63) is 22.8 Å². The summed E-state index contributed by atoms with van der Waals surface area (Å²) in [6.45, 7) is 2.16. The van der Waals surface area contributed by atoms with Crippen LogP contribution in [-0.4, -0.2) is 27.9 Å². The zero-order valence-electron chi connectivity index (χ0n) is 11.4. The van der Waals surface area contributed by atoms with Crippen LogP contribution in [0.25, 0.3) is 0 Å². The number of nitrogen functional groups attached to an aromatic ring is 1. The Labute approximate surface area is 128 Å². The van der Waals surface area contributed by atoms with Crippen LogP contribution in [-0.2, 0) is 0 Å². The van der Waals surface area contributed by atoms with Gasteiger partial charge in [0.25, 0.3) is 5.91 Å². The Morgan fingerprint density at radius 2 is 2.40 bits per heavy atom. The minimum Gasteiger partial charge on any atom is -0.349 e. The molecule has 0 spiro atoms. The number of carbonyl (C=O) groups is 1. The Balaban J connectivity index is 1.94. The van der Waals surface area contributed by atoms with E-state index in [2.05, 4.69) is 22.7 Å². The van der Waals surface area contributed by atoms with Gasteiger partial charge in [0, 0.05) is 17.5 Å². The second kappa shape index (κ2) is 7.15. The van der Waals surface area contributed by atoms with Crippen molar-refractivity contribution in [1.82, 2.24) is 10.3 Å². The van der Waals surface area contributed by atoms with Crippen LogP contribution < -0.4 is 16.6 Å². The quantitative estimate of drug-likeness (QED) is 0.574. The second-order valence-electron chi connectivity index (χ2n) is 4.76. The number of hydrogen-bond donors (Lipinski definition) is 3. The molecule has 0 radical (unpaired) electrons. The van der Waals surface area contributed by atoms with E-state index in [0.717, 1.165) is 18.6 Å². The molecule has 0 aliphatic heterocycles. The van der Waals surface area contributed by atoms with Crippen LogP contribution >= 0.6 is 23.4 Å². The van der Waals surface area contributed by atoms with E-state index >= 15 is 0 Å². The third kappa shape index (κ3) is 3.77. The highest BCUT2D eigenvalue weighted by atomic mass is 35.5. The summed E-state index contributed by atoms with van der Waals surface area (Å²) in [5, 5.41) is 4.05. The number of hydrazine groups is 1. The number of nitrogens with one attached hydrogen (secondary N) is 2. The summed E-state index contributed by atoms with van der Waals surface area (Å²) in [6, 6.07) is 1.82. The highest BCUT2D eigenvalue weighted by Crippen LogP contribution is 2.30. The van der Waals surface area contributed by atoms with Crippen molar-refractivity contribution >= 4 is 35.1 Å². The number of thioether (sulfide) groups is 1. The van der Waals surface area contributed by atoms with E-state index in [1.165, 1.54) is 12.6 Å². The number of pyridine rings is 1. The van der Waals surface area contributed by atoms with Crippen LogP contribution in [0.3, 0.4) is 0 Å². The van der Waals surface area contributed by atoms with Gasteiger partial charge in [0.1, 0.15) is 0 Å². The van der Waals surface area contributed by atoms with Gasteiger partial charge in [-0.25, -0.2) is 10.8 Å². The molecule has 1 saturated carbocycles. The zero-order valence-corrected chi connectivity index (χ0v) is 12.9.